The van der Waals surface area contributed by atoms with Gasteiger partial charge in [-0.15, -0.1) is 11.3 Å². The second-order valence-electron chi connectivity index (χ2n) is 2.87. The van der Waals surface area contributed by atoms with Crippen molar-refractivity contribution in [3.05, 3.63) is 34.7 Å². The van der Waals surface area contributed by atoms with Crippen LogP contribution in [0.2, 0.25) is 0 Å². The number of fused-ring (bicyclic) bond motifs is 1. The average molecular weight is 192 g/mol. The minimum Gasteiger partial charge on any atom is -0.144 e. The number of aryl methyl sites for hydroxylation is 2. The van der Waals surface area contributed by atoms with Gasteiger partial charge >= 0.3 is 0 Å². The van der Waals surface area contributed by atoms with Crippen molar-refractivity contribution in [3.63, 3.8) is 0 Å². The first kappa shape index (κ1) is 10.3. The van der Waals surface area contributed by atoms with E-state index in [9.17, 15) is 0 Å². The monoisotopic (exact) mass is 192 g/mol. The van der Waals surface area contributed by atoms with Gasteiger partial charge in [0.1, 0.15) is 0 Å². The van der Waals surface area contributed by atoms with Crippen LogP contribution in [0.25, 0.3) is 10.1 Å². The fourth-order valence-electron chi connectivity index (χ4n) is 1.46. The van der Waals surface area contributed by atoms with Crippen LogP contribution >= 0.6 is 11.3 Å². The molecule has 0 aliphatic carbocycles. The van der Waals surface area contributed by atoms with E-state index in [1.165, 1.54) is 21.2 Å². The molecular weight excluding hydrogens is 176 g/mol. The minimum absolute atomic E-state index is 1.39. The van der Waals surface area contributed by atoms with Gasteiger partial charge in [0.2, 0.25) is 0 Å². The molecule has 0 nitrogen and oxygen atoms in total. The summed E-state index contributed by atoms with van der Waals surface area (Å²) in [5, 5.41) is 3.66. The Morgan fingerprint density at radius 3 is 2.31 bits per heavy atom. The molecule has 0 atom stereocenters. The van der Waals surface area contributed by atoms with Crippen molar-refractivity contribution in [2.45, 2.75) is 27.7 Å². The van der Waals surface area contributed by atoms with Crippen LogP contribution in [-0.4, -0.2) is 0 Å². The van der Waals surface area contributed by atoms with E-state index in [4.69, 9.17) is 0 Å². The lowest BCUT2D eigenvalue weighted by atomic mass is 10.1. The first-order chi connectivity index (χ1) is 6.29. The Bertz CT molecular complexity index is 385. The molecule has 0 aliphatic rings. The molecule has 1 aromatic heterocycles. The summed E-state index contributed by atoms with van der Waals surface area (Å²) in [6.07, 6.45) is 0. The van der Waals surface area contributed by atoms with E-state index in [0.717, 1.165) is 0 Å². The Hall–Kier alpha value is -0.820. The molecule has 70 valence electrons. The van der Waals surface area contributed by atoms with Crippen LogP contribution in [0.5, 0.6) is 0 Å². The molecule has 2 aromatic rings. The summed E-state index contributed by atoms with van der Waals surface area (Å²) >= 11 is 1.83. The average Bonchev–Trinajstić information content (AvgIpc) is 2.53. The molecule has 0 fully saturated rings. The Balaban J connectivity index is 0.000000396. The summed E-state index contributed by atoms with van der Waals surface area (Å²) < 4.78 is 1.41. The summed E-state index contributed by atoms with van der Waals surface area (Å²) in [7, 11) is 0. The summed E-state index contributed by atoms with van der Waals surface area (Å²) in [6.45, 7) is 8.34. The van der Waals surface area contributed by atoms with Gasteiger partial charge in [0.15, 0.2) is 0 Å². The number of benzene rings is 1. The van der Waals surface area contributed by atoms with Crippen LogP contribution in [0, 0.1) is 13.8 Å². The molecule has 0 unspecified atom stereocenters. The van der Waals surface area contributed by atoms with E-state index in [-0.39, 0.29) is 0 Å². The standard InChI is InChI=1S/C10H10S.C2H6/c1-7-4-3-5-9-10(7)8(2)6-11-9;1-2/h3-6H,1-2H3;1-2H3. The minimum atomic E-state index is 1.39. The first-order valence-corrected chi connectivity index (χ1v) is 5.60. The van der Waals surface area contributed by atoms with Gasteiger partial charge in [-0.2, -0.15) is 0 Å². The predicted molar refractivity (Wildman–Crippen MR) is 62.6 cm³/mol. The second kappa shape index (κ2) is 4.43. The molecule has 0 aliphatic heterocycles. The molecule has 0 radical (unpaired) electrons. The van der Waals surface area contributed by atoms with Gasteiger partial charge in [-0.1, -0.05) is 26.0 Å². The maximum absolute atomic E-state index is 2.22. The molecule has 2 rings (SSSR count). The Labute approximate surface area is 84.2 Å². The van der Waals surface area contributed by atoms with Crippen LogP contribution in [-0.2, 0) is 0 Å². The van der Waals surface area contributed by atoms with E-state index < -0.39 is 0 Å². The van der Waals surface area contributed by atoms with E-state index in [1.54, 1.807) is 0 Å². The SMILES string of the molecule is CC.Cc1cccc2scc(C)c12. The zero-order valence-electron chi connectivity index (χ0n) is 8.72. The molecule has 0 saturated heterocycles. The van der Waals surface area contributed by atoms with E-state index in [1.807, 2.05) is 25.2 Å². The van der Waals surface area contributed by atoms with Crippen molar-refractivity contribution < 1.29 is 0 Å². The first-order valence-electron chi connectivity index (χ1n) is 4.72. The van der Waals surface area contributed by atoms with E-state index in [0.29, 0.717) is 0 Å². The quantitative estimate of drug-likeness (QED) is 0.574. The van der Waals surface area contributed by atoms with Crippen LogP contribution in [0.15, 0.2) is 23.6 Å². The van der Waals surface area contributed by atoms with Gasteiger partial charge in [-0.3, -0.25) is 0 Å². The highest BCUT2D eigenvalue weighted by molar-refractivity contribution is 7.17. The largest absolute Gasteiger partial charge is 0.144 e. The molecule has 13 heavy (non-hydrogen) atoms. The predicted octanol–water partition coefficient (Wildman–Crippen LogP) is 4.54. The molecule has 1 heterocycles. The number of hydrogen-bond donors (Lipinski definition) is 0. The Kier molecular flexibility index (Phi) is 3.49. The highest BCUT2D eigenvalue weighted by Crippen LogP contribution is 2.27. The van der Waals surface area contributed by atoms with Crippen molar-refractivity contribution >= 4 is 21.4 Å². The van der Waals surface area contributed by atoms with Crippen LogP contribution in [0.4, 0.5) is 0 Å². The molecule has 0 bridgehead atoms. The summed E-state index contributed by atoms with van der Waals surface area (Å²) in [5.74, 6) is 0. The van der Waals surface area contributed by atoms with Crippen molar-refractivity contribution in [3.8, 4) is 0 Å². The number of thiophene rings is 1. The molecular formula is C12H16S. The van der Waals surface area contributed by atoms with Crippen LogP contribution in [0.1, 0.15) is 25.0 Å². The Morgan fingerprint density at radius 2 is 1.69 bits per heavy atom. The van der Waals surface area contributed by atoms with Gasteiger partial charge in [0.25, 0.3) is 0 Å². The van der Waals surface area contributed by atoms with Crippen molar-refractivity contribution in [1.82, 2.24) is 0 Å². The lowest BCUT2D eigenvalue weighted by Crippen LogP contribution is -1.73. The summed E-state index contributed by atoms with van der Waals surface area (Å²) in [4.78, 5) is 0. The van der Waals surface area contributed by atoms with Crippen LogP contribution in [0.3, 0.4) is 0 Å². The Morgan fingerprint density at radius 1 is 1.00 bits per heavy atom. The van der Waals surface area contributed by atoms with Gasteiger partial charge in [-0.25, -0.2) is 0 Å². The fourth-order valence-corrected chi connectivity index (χ4v) is 2.47. The molecule has 0 amide bonds. The number of hydrogen-bond acceptors (Lipinski definition) is 1. The lowest BCUT2D eigenvalue weighted by Gasteiger charge is -1.95. The topological polar surface area (TPSA) is 0 Å². The third-order valence-corrected chi connectivity index (χ3v) is 3.06. The smallest absolute Gasteiger partial charge is 0.0348 e. The molecule has 0 N–H and O–H groups in total. The van der Waals surface area contributed by atoms with Gasteiger partial charge < -0.3 is 0 Å². The molecule has 0 spiro atoms. The zero-order valence-corrected chi connectivity index (χ0v) is 9.53. The molecule has 1 aromatic carbocycles. The maximum atomic E-state index is 2.22. The second-order valence-corrected chi connectivity index (χ2v) is 3.78. The highest BCUT2D eigenvalue weighted by atomic mass is 32.1. The highest BCUT2D eigenvalue weighted by Gasteiger charge is 2.00. The molecule has 0 saturated carbocycles. The van der Waals surface area contributed by atoms with Gasteiger partial charge in [0, 0.05) is 4.70 Å². The van der Waals surface area contributed by atoms with Crippen LogP contribution < -0.4 is 0 Å². The van der Waals surface area contributed by atoms with E-state index in [2.05, 4.69) is 37.4 Å². The van der Waals surface area contributed by atoms with Gasteiger partial charge in [0.05, 0.1) is 0 Å². The van der Waals surface area contributed by atoms with Crippen molar-refractivity contribution in [2.75, 3.05) is 0 Å². The summed E-state index contributed by atoms with van der Waals surface area (Å²) in [5.41, 5.74) is 2.80. The van der Waals surface area contributed by atoms with Crippen molar-refractivity contribution in [2.24, 2.45) is 0 Å². The third kappa shape index (κ3) is 1.92. The van der Waals surface area contributed by atoms with E-state index >= 15 is 0 Å². The zero-order chi connectivity index (χ0) is 9.84. The lowest BCUT2D eigenvalue weighted by molar-refractivity contribution is 1.50. The fraction of sp³-hybridized carbons (Fsp3) is 0.333. The summed E-state index contributed by atoms with van der Waals surface area (Å²) in [6, 6.07) is 6.47. The van der Waals surface area contributed by atoms with Gasteiger partial charge in [-0.05, 0) is 41.8 Å². The van der Waals surface area contributed by atoms with Crippen molar-refractivity contribution in [1.29, 1.82) is 0 Å². The third-order valence-electron chi connectivity index (χ3n) is 1.99. The number of rotatable bonds is 0. The normalized spacial score (nSPS) is 9.54. The molecule has 1 heteroatoms. The maximum Gasteiger partial charge on any atom is 0.0348 e.